The lowest BCUT2D eigenvalue weighted by atomic mass is 10.2. The van der Waals surface area contributed by atoms with E-state index in [1.165, 1.54) is 0 Å². The van der Waals surface area contributed by atoms with Gasteiger partial charge < -0.3 is 0 Å². The van der Waals surface area contributed by atoms with Crippen molar-refractivity contribution in [1.29, 1.82) is 0 Å². The molecule has 4 aromatic rings. The lowest BCUT2D eigenvalue weighted by Gasteiger charge is -2.03. The zero-order valence-electron chi connectivity index (χ0n) is 13.8. The quantitative estimate of drug-likeness (QED) is 0.411. The molecular formula is C18H14BrN7. The molecule has 0 saturated heterocycles. The maximum Gasteiger partial charge on any atom is 0.265 e. The van der Waals surface area contributed by atoms with Gasteiger partial charge in [-0.15, -0.1) is 10.2 Å². The number of aromatic nitrogens is 5. The summed E-state index contributed by atoms with van der Waals surface area (Å²) in [6.45, 7) is 1.89. The van der Waals surface area contributed by atoms with Gasteiger partial charge in [0.2, 0.25) is 0 Å². The third kappa shape index (κ3) is 3.18. The molecule has 0 fully saturated rings. The highest BCUT2D eigenvalue weighted by atomic mass is 79.9. The van der Waals surface area contributed by atoms with E-state index in [2.05, 4.69) is 46.7 Å². The van der Waals surface area contributed by atoms with Gasteiger partial charge in [-0.25, -0.2) is 10.1 Å². The molecule has 1 N–H and O–H groups in total. The first-order valence-electron chi connectivity index (χ1n) is 7.91. The lowest BCUT2D eigenvalue weighted by Crippen LogP contribution is -2.02. The summed E-state index contributed by atoms with van der Waals surface area (Å²) >= 11 is 3.48. The molecule has 0 unspecified atom stereocenters. The number of hydrogen-bond acceptors (Lipinski definition) is 6. The predicted octanol–water partition coefficient (Wildman–Crippen LogP) is 3.73. The van der Waals surface area contributed by atoms with E-state index in [9.17, 15) is 0 Å². The highest BCUT2D eigenvalue weighted by Crippen LogP contribution is 2.18. The number of hydrogen-bond donors (Lipinski definition) is 1. The molecule has 2 heterocycles. The second-order valence-corrected chi connectivity index (χ2v) is 6.39. The van der Waals surface area contributed by atoms with Crippen molar-refractivity contribution >= 4 is 39.3 Å². The van der Waals surface area contributed by atoms with E-state index in [0.717, 1.165) is 21.4 Å². The Morgan fingerprint density at radius 2 is 1.81 bits per heavy atom. The summed E-state index contributed by atoms with van der Waals surface area (Å²) in [4.78, 5) is 4.52. The third-order valence-electron chi connectivity index (χ3n) is 3.74. The van der Waals surface area contributed by atoms with Crippen LogP contribution < -0.4 is 5.43 Å². The fourth-order valence-electron chi connectivity index (χ4n) is 2.48. The Morgan fingerprint density at radius 1 is 1.04 bits per heavy atom. The van der Waals surface area contributed by atoms with E-state index >= 15 is 0 Å². The van der Waals surface area contributed by atoms with Crippen LogP contribution >= 0.6 is 15.9 Å². The van der Waals surface area contributed by atoms with Gasteiger partial charge in [-0.1, -0.05) is 52.3 Å². The number of benzene rings is 2. The van der Waals surface area contributed by atoms with Gasteiger partial charge in [-0.3, -0.25) is 0 Å². The summed E-state index contributed by atoms with van der Waals surface area (Å²) in [6, 6.07) is 17.6. The molecule has 0 radical (unpaired) electrons. The molecule has 0 aliphatic heterocycles. The Bertz CT molecular complexity index is 1090. The molecule has 128 valence electrons. The van der Waals surface area contributed by atoms with Crippen molar-refractivity contribution in [1.82, 2.24) is 25.0 Å². The van der Waals surface area contributed by atoms with Gasteiger partial charge >= 0.3 is 0 Å². The first kappa shape index (κ1) is 16.3. The maximum atomic E-state index is 4.52. The second kappa shape index (κ2) is 7.01. The minimum Gasteiger partial charge on any atom is -0.244 e. The molecule has 26 heavy (non-hydrogen) atoms. The average Bonchev–Trinajstić information content (AvgIpc) is 3.00. The third-order valence-corrected chi connectivity index (χ3v) is 4.46. The number of anilines is 1. The van der Waals surface area contributed by atoms with E-state index in [-0.39, 0.29) is 0 Å². The van der Waals surface area contributed by atoms with Crippen molar-refractivity contribution in [3.05, 3.63) is 70.3 Å². The van der Waals surface area contributed by atoms with Crippen LogP contribution in [0.15, 0.2) is 64.2 Å². The van der Waals surface area contributed by atoms with Gasteiger partial charge in [0.15, 0.2) is 11.2 Å². The number of halogens is 1. The Morgan fingerprint density at radius 3 is 2.62 bits per heavy atom. The van der Waals surface area contributed by atoms with E-state index < -0.39 is 0 Å². The minimum absolute atomic E-state index is 0.304. The molecule has 7 nitrogen and oxygen atoms in total. The number of fused-ring (bicyclic) bond motifs is 1. The summed E-state index contributed by atoms with van der Waals surface area (Å²) < 4.78 is 2.71. The monoisotopic (exact) mass is 407 g/mol. The SMILES string of the molecule is Cc1nn(-c2ccccc2)c2nc(N/N=C/c3ccccc3Br)nnc12. The number of nitrogens with one attached hydrogen (secondary N) is 1. The first-order valence-corrected chi connectivity index (χ1v) is 8.71. The predicted molar refractivity (Wildman–Crippen MR) is 105 cm³/mol. The highest BCUT2D eigenvalue weighted by molar-refractivity contribution is 9.10. The van der Waals surface area contributed by atoms with Crippen molar-refractivity contribution in [2.24, 2.45) is 5.10 Å². The van der Waals surface area contributed by atoms with Crippen LogP contribution in [0.5, 0.6) is 0 Å². The van der Waals surface area contributed by atoms with Crippen molar-refractivity contribution in [3.63, 3.8) is 0 Å². The van der Waals surface area contributed by atoms with Gasteiger partial charge in [0.1, 0.15) is 0 Å². The van der Waals surface area contributed by atoms with Crippen LogP contribution in [0.3, 0.4) is 0 Å². The van der Waals surface area contributed by atoms with E-state index in [4.69, 9.17) is 0 Å². The first-order chi connectivity index (χ1) is 12.7. The number of aryl methyl sites for hydroxylation is 1. The van der Waals surface area contributed by atoms with Crippen molar-refractivity contribution in [2.75, 3.05) is 5.43 Å². The van der Waals surface area contributed by atoms with Crippen LogP contribution in [-0.2, 0) is 0 Å². The zero-order chi connectivity index (χ0) is 17.9. The number of para-hydroxylation sites is 1. The Hall–Kier alpha value is -3.13. The average molecular weight is 408 g/mol. The Labute approximate surface area is 157 Å². The second-order valence-electron chi connectivity index (χ2n) is 5.53. The molecule has 0 bridgehead atoms. The molecule has 2 aromatic heterocycles. The van der Waals surface area contributed by atoms with Crippen molar-refractivity contribution in [3.8, 4) is 5.69 Å². The zero-order valence-corrected chi connectivity index (χ0v) is 15.4. The van der Waals surface area contributed by atoms with Crippen LogP contribution in [0.25, 0.3) is 16.9 Å². The molecule has 0 atom stereocenters. The van der Waals surface area contributed by atoms with Crippen LogP contribution in [0, 0.1) is 6.92 Å². The molecule has 0 spiro atoms. The largest absolute Gasteiger partial charge is 0.265 e. The summed E-state index contributed by atoms with van der Waals surface area (Å²) in [5.74, 6) is 0.304. The molecule has 0 amide bonds. The van der Waals surface area contributed by atoms with E-state index in [1.807, 2.05) is 61.5 Å². The topological polar surface area (TPSA) is 80.9 Å². The van der Waals surface area contributed by atoms with E-state index in [1.54, 1.807) is 10.9 Å². The number of rotatable bonds is 4. The van der Waals surface area contributed by atoms with Gasteiger partial charge in [0.05, 0.1) is 17.6 Å². The summed E-state index contributed by atoms with van der Waals surface area (Å²) in [5, 5.41) is 17.0. The normalized spacial score (nSPS) is 11.3. The van der Waals surface area contributed by atoms with Gasteiger partial charge in [0.25, 0.3) is 5.95 Å². The maximum absolute atomic E-state index is 4.52. The molecule has 0 aliphatic carbocycles. The molecule has 0 aliphatic rings. The smallest absolute Gasteiger partial charge is 0.244 e. The molecular weight excluding hydrogens is 394 g/mol. The van der Waals surface area contributed by atoms with Gasteiger partial charge in [0, 0.05) is 10.0 Å². The van der Waals surface area contributed by atoms with Gasteiger partial charge in [-0.2, -0.15) is 15.2 Å². The standard InChI is InChI=1S/C18H14BrN7/c1-12-16-17(26(25-12)14-8-3-2-4-9-14)21-18(24-22-16)23-20-11-13-7-5-6-10-15(13)19/h2-11H,1H3,(H,21,23,24)/b20-11+. The summed E-state index contributed by atoms with van der Waals surface area (Å²) in [5.41, 5.74) is 6.74. The summed E-state index contributed by atoms with van der Waals surface area (Å²) in [6.07, 6.45) is 1.69. The van der Waals surface area contributed by atoms with Crippen LogP contribution in [0.2, 0.25) is 0 Å². The van der Waals surface area contributed by atoms with Crippen LogP contribution in [0.1, 0.15) is 11.3 Å². The number of hydrazone groups is 1. The molecule has 0 saturated carbocycles. The van der Waals surface area contributed by atoms with Gasteiger partial charge in [-0.05, 0) is 25.1 Å². The molecule has 2 aromatic carbocycles. The highest BCUT2D eigenvalue weighted by Gasteiger charge is 2.13. The van der Waals surface area contributed by atoms with Crippen molar-refractivity contribution < 1.29 is 0 Å². The Balaban J connectivity index is 1.66. The van der Waals surface area contributed by atoms with E-state index in [0.29, 0.717) is 17.1 Å². The molecule has 4 rings (SSSR count). The lowest BCUT2D eigenvalue weighted by molar-refractivity contribution is 0.875. The minimum atomic E-state index is 0.304. The summed E-state index contributed by atoms with van der Waals surface area (Å²) in [7, 11) is 0. The molecule has 8 heteroatoms. The van der Waals surface area contributed by atoms with Crippen molar-refractivity contribution in [2.45, 2.75) is 6.92 Å². The van der Waals surface area contributed by atoms with Crippen LogP contribution in [0.4, 0.5) is 5.95 Å². The Kier molecular flexibility index (Phi) is 4.40. The fraction of sp³-hybridized carbons (Fsp3) is 0.0556. The number of nitrogens with zero attached hydrogens (tertiary/aromatic N) is 6. The fourth-order valence-corrected chi connectivity index (χ4v) is 2.87. The van der Waals surface area contributed by atoms with Crippen LogP contribution in [-0.4, -0.2) is 31.2 Å².